The first-order valence-corrected chi connectivity index (χ1v) is 12.8. The first kappa shape index (κ1) is 21.5. The standard InChI is InChI=1S/C28H28N6O2/c1-34(24(16-4-5-16)17-6-7-17)26(35)22-12-23(31-15-30-22)32-20-9-8-18-13-28(14-19(18)11-20)21-3-2-10-29-25(21)33-27(28)36/h2-3,8-12,15-17,24H,4-7,13-14H2,1H3,(H,29,33,36)(H,30,31,32). The van der Waals surface area contributed by atoms with Crippen LogP contribution in [0.5, 0.6) is 0 Å². The maximum atomic E-state index is 13.2. The summed E-state index contributed by atoms with van der Waals surface area (Å²) in [5.41, 5.74) is 3.96. The van der Waals surface area contributed by atoms with Gasteiger partial charge in [0.15, 0.2) is 0 Å². The highest BCUT2D eigenvalue weighted by atomic mass is 16.2. The van der Waals surface area contributed by atoms with Gasteiger partial charge < -0.3 is 15.5 Å². The third-order valence-electron chi connectivity index (χ3n) is 8.32. The summed E-state index contributed by atoms with van der Waals surface area (Å²) in [7, 11) is 1.92. The van der Waals surface area contributed by atoms with E-state index in [1.807, 2.05) is 30.1 Å². The molecule has 182 valence electrons. The van der Waals surface area contributed by atoms with Crippen LogP contribution in [0.4, 0.5) is 17.3 Å². The van der Waals surface area contributed by atoms with Crippen molar-refractivity contribution in [3.05, 3.63) is 71.3 Å². The number of pyridine rings is 1. The molecule has 0 bridgehead atoms. The zero-order chi connectivity index (χ0) is 24.4. The van der Waals surface area contributed by atoms with Crippen molar-refractivity contribution in [2.75, 3.05) is 17.7 Å². The van der Waals surface area contributed by atoms with Crippen molar-refractivity contribution in [3.8, 4) is 0 Å². The fraction of sp³-hybridized carbons (Fsp3) is 0.393. The number of benzene rings is 1. The van der Waals surface area contributed by atoms with Crippen LogP contribution in [0.25, 0.3) is 0 Å². The lowest BCUT2D eigenvalue weighted by Gasteiger charge is -2.28. The van der Waals surface area contributed by atoms with Crippen molar-refractivity contribution in [2.45, 2.75) is 50.0 Å². The number of carbonyl (C=O) groups is 2. The fourth-order valence-corrected chi connectivity index (χ4v) is 6.24. The van der Waals surface area contributed by atoms with Crippen LogP contribution in [-0.2, 0) is 23.1 Å². The zero-order valence-electron chi connectivity index (χ0n) is 20.2. The Kier molecular flexibility index (Phi) is 4.68. The number of hydrogen-bond donors (Lipinski definition) is 2. The highest BCUT2D eigenvalue weighted by molar-refractivity contribution is 6.06. The molecule has 8 nitrogen and oxygen atoms in total. The van der Waals surface area contributed by atoms with Gasteiger partial charge in [-0.1, -0.05) is 12.1 Å². The van der Waals surface area contributed by atoms with Gasteiger partial charge in [-0.05, 0) is 79.7 Å². The number of nitrogens with zero attached hydrogens (tertiary/aromatic N) is 4. The smallest absolute Gasteiger partial charge is 0.272 e. The lowest BCUT2D eigenvalue weighted by molar-refractivity contribution is -0.120. The number of anilines is 3. The number of hydrogen-bond acceptors (Lipinski definition) is 6. The maximum Gasteiger partial charge on any atom is 0.272 e. The van der Waals surface area contributed by atoms with Crippen molar-refractivity contribution in [1.29, 1.82) is 0 Å². The van der Waals surface area contributed by atoms with Crippen molar-refractivity contribution in [2.24, 2.45) is 11.8 Å². The second kappa shape index (κ2) is 7.85. The fourth-order valence-electron chi connectivity index (χ4n) is 6.24. The van der Waals surface area contributed by atoms with Gasteiger partial charge in [0.1, 0.15) is 23.7 Å². The van der Waals surface area contributed by atoms with Gasteiger partial charge in [-0.25, -0.2) is 15.0 Å². The topological polar surface area (TPSA) is 100 Å². The third-order valence-corrected chi connectivity index (χ3v) is 8.32. The van der Waals surface area contributed by atoms with E-state index in [0.29, 0.717) is 48.0 Å². The molecule has 1 spiro atoms. The molecular weight excluding hydrogens is 452 g/mol. The Morgan fingerprint density at radius 1 is 1.06 bits per heavy atom. The average Bonchev–Trinajstić information content (AvgIpc) is 3.83. The summed E-state index contributed by atoms with van der Waals surface area (Å²) in [6.07, 6.45) is 9.33. The van der Waals surface area contributed by atoms with E-state index in [4.69, 9.17) is 0 Å². The molecule has 7 rings (SSSR count). The number of amides is 2. The Labute approximate surface area is 209 Å². The quantitative estimate of drug-likeness (QED) is 0.556. The highest BCUT2D eigenvalue weighted by Crippen LogP contribution is 2.48. The number of carbonyl (C=O) groups excluding carboxylic acids is 2. The minimum Gasteiger partial charge on any atom is -0.340 e. The molecule has 1 aromatic carbocycles. The predicted molar refractivity (Wildman–Crippen MR) is 135 cm³/mol. The Balaban J connectivity index is 1.10. The van der Waals surface area contributed by atoms with Crippen LogP contribution in [0.2, 0.25) is 0 Å². The summed E-state index contributed by atoms with van der Waals surface area (Å²) >= 11 is 0. The van der Waals surface area contributed by atoms with Gasteiger partial charge >= 0.3 is 0 Å². The molecule has 2 N–H and O–H groups in total. The Morgan fingerprint density at radius 3 is 2.61 bits per heavy atom. The molecule has 1 atom stereocenters. The van der Waals surface area contributed by atoms with E-state index in [-0.39, 0.29) is 11.8 Å². The molecule has 1 aliphatic heterocycles. The molecule has 2 fully saturated rings. The van der Waals surface area contributed by atoms with E-state index in [0.717, 1.165) is 16.8 Å². The second-order valence-electron chi connectivity index (χ2n) is 10.8. The van der Waals surface area contributed by atoms with Crippen molar-refractivity contribution in [1.82, 2.24) is 19.9 Å². The molecule has 2 amide bonds. The zero-order valence-corrected chi connectivity index (χ0v) is 20.2. The van der Waals surface area contributed by atoms with Crippen molar-refractivity contribution in [3.63, 3.8) is 0 Å². The van der Waals surface area contributed by atoms with E-state index in [1.165, 1.54) is 37.6 Å². The second-order valence-corrected chi connectivity index (χ2v) is 10.8. The summed E-state index contributed by atoms with van der Waals surface area (Å²) in [6, 6.07) is 12.1. The van der Waals surface area contributed by atoms with E-state index in [2.05, 4.69) is 37.7 Å². The highest BCUT2D eigenvalue weighted by Gasteiger charge is 2.51. The number of fused-ring (bicyclic) bond motifs is 3. The first-order valence-electron chi connectivity index (χ1n) is 12.8. The van der Waals surface area contributed by atoms with Gasteiger partial charge in [0.05, 0.1) is 5.41 Å². The van der Waals surface area contributed by atoms with Gasteiger partial charge in [0.25, 0.3) is 5.91 Å². The van der Waals surface area contributed by atoms with E-state index in [9.17, 15) is 9.59 Å². The molecule has 2 aromatic heterocycles. The van der Waals surface area contributed by atoms with Gasteiger partial charge in [0, 0.05) is 36.6 Å². The number of aromatic nitrogens is 3. The van der Waals surface area contributed by atoms with E-state index in [1.54, 1.807) is 12.3 Å². The lowest BCUT2D eigenvalue weighted by Crippen LogP contribution is -2.40. The Morgan fingerprint density at radius 2 is 1.83 bits per heavy atom. The molecule has 3 heterocycles. The summed E-state index contributed by atoms with van der Waals surface area (Å²) in [5, 5.41) is 6.30. The molecule has 0 saturated heterocycles. The normalized spacial score (nSPS) is 21.9. The van der Waals surface area contributed by atoms with Crippen LogP contribution in [0.15, 0.2) is 48.9 Å². The Hall–Kier alpha value is -3.81. The first-order chi connectivity index (χ1) is 17.5. The van der Waals surface area contributed by atoms with Gasteiger partial charge in [-0.15, -0.1) is 0 Å². The summed E-state index contributed by atoms with van der Waals surface area (Å²) in [6.45, 7) is 0. The van der Waals surface area contributed by atoms with Crippen molar-refractivity contribution >= 4 is 29.1 Å². The minimum absolute atomic E-state index is 0.0145. The molecule has 3 aliphatic carbocycles. The third kappa shape index (κ3) is 3.46. The van der Waals surface area contributed by atoms with E-state index < -0.39 is 5.41 Å². The molecule has 3 aromatic rings. The summed E-state index contributed by atoms with van der Waals surface area (Å²) in [5.74, 6) is 2.51. The van der Waals surface area contributed by atoms with Crippen LogP contribution in [0.1, 0.15) is 52.9 Å². The van der Waals surface area contributed by atoms with Crippen LogP contribution < -0.4 is 10.6 Å². The summed E-state index contributed by atoms with van der Waals surface area (Å²) in [4.78, 5) is 41.1. The molecule has 1 unspecified atom stereocenters. The number of rotatable bonds is 6. The largest absolute Gasteiger partial charge is 0.340 e. The number of nitrogens with one attached hydrogen (secondary N) is 2. The SMILES string of the molecule is CN(C(=O)c1cc(Nc2ccc3c(c2)CC2(C3)C(=O)Nc3ncccc32)ncn1)C(C1CC1)C1CC1. The molecule has 4 aliphatic rings. The predicted octanol–water partition coefficient (Wildman–Crippen LogP) is 3.86. The van der Waals surface area contributed by atoms with Crippen LogP contribution in [-0.4, -0.2) is 44.8 Å². The molecular formula is C28H28N6O2. The monoisotopic (exact) mass is 480 g/mol. The Bertz CT molecular complexity index is 1390. The summed E-state index contributed by atoms with van der Waals surface area (Å²) < 4.78 is 0. The van der Waals surface area contributed by atoms with Crippen LogP contribution in [0.3, 0.4) is 0 Å². The average molecular weight is 481 g/mol. The molecule has 2 saturated carbocycles. The maximum absolute atomic E-state index is 13.2. The molecule has 0 radical (unpaired) electrons. The van der Waals surface area contributed by atoms with Gasteiger partial charge in [-0.2, -0.15) is 0 Å². The molecule has 36 heavy (non-hydrogen) atoms. The van der Waals surface area contributed by atoms with E-state index >= 15 is 0 Å². The lowest BCUT2D eigenvalue weighted by atomic mass is 9.79. The van der Waals surface area contributed by atoms with Crippen LogP contribution in [0, 0.1) is 11.8 Å². The van der Waals surface area contributed by atoms with Crippen LogP contribution >= 0.6 is 0 Å². The minimum atomic E-state index is -0.594. The van der Waals surface area contributed by atoms with Gasteiger partial charge in [-0.3, -0.25) is 9.59 Å². The molecule has 8 heteroatoms. The van der Waals surface area contributed by atoms with Crippen molar-refractivity contribution < 1.29 is 9.59 Å². The van der Waals surface area contributed by atoms with Gasteiger partial charge in [0.2, 0.25) is 5.91 Å².